The number of hydrogen-bond acceptors (Lipinski definition) is 5. The van der Waals surface area contributed by atoms with Crippen molar-refractivity contribution in [3.63, 3.8) is 0 Å². The number of benzene rings is 3. The number of ketones is 1. The van der Waals surface area contributed by atoms with Gasteiger partial charge in [0.15, 0.2) is 5.78 Å². The van der Waals surface area contributed by atoms with E-state index in [1.807, 2.05) is 13.0 Å². The number of aryl methyl sites for hydroxylation is 1. The van der Waals surface area contributed by atoms with E-state index in [1.54, 1.807) is 81.4 Å². The summed E-state index contributed by atoms with van der Waals surface area (Å²) in [5.41, 5.74) is 1.20. The average molecular weight is 532 g/mol. The van der Waals surface area contributed by atoms with E-state index in [0.29, 0.717) is 17.0 Å². The Bertz CT molecular complexity index is 1360. The third kappa shape index (κ3) is 7.22. The lowest BCUT2D eigenvalue weighted by atomic mass is 9.84. The predicted octanol–water partition coefficient (Wildman–Crippen LogP) is 4.89. The van der Waals surface area contributed by atoms with E-state index < -0.39 is 41.7 Å². The maximum Gasteiger partial charge on any atom is 0.327 e. The molecule has 3 amide bonds. The number of hydrogen-bond donors (Lipinski definition) is 3. The Balaban J connectivity index is 1.96. The van der Waals surface area contributed by atoms with Crippen LogP contribution in [0.25, 0.3) is 0 Å². The van der Waals surface area contributed by atoms with Crippen LogP contribution in [0.4, 0.5) is 16.2 Å². The third-order valence-electron chi connectivity index (χ3n) is 6.02. The number of carboxylic acid groups (broad SMARTS) is 1. The first-order valence-corrected chi connectivity index (χ1v) is 12.4. The summed E-state index contributed by atoms with van der Waals surface area (Å²) in [6.45, 7) is 6.46. The van der Waals surface area contributed by atoms with E-state index >= 15 is 0 Å². The number of carboxylic acids is 1. The highest BCUT2D eigenvalue weighted by molar-refractivity contribution is 6.15. The van der Waals surface area contributed by atoms with Crippen LogP contribution in [0.15, 0.2) is 72.8 Å². The first kappa shape index (κ1) is 28.9. The first-order valence-electron chi connectivity index (χ1n) is 12.4. The van der Waals surface area contributed by atoms with E-state index in [1.165, 1.54) is 13.2 Å². The fourth-order valence-electron chi connectivity index (χ4n) is 4.20. The minimum Gasteiger partial charge on any atom is -0.497 e. The molecular weight excluding hydrogens is 498 g/mol. The highest BCUT2D eigenvalue weighted by atomic mass is 16.5. The van der Waals surface area contributed by atoms with Gasteiger partial charge in [0, 0.05) is 16.8 Å². The van der Waals surface area contributed by atoms with Gasteiger partial charge in [0.1, 0.15) is 11.8 Å². The number of rotatable bonds is 9. The van der Waals surface area contributed by atoms with Crippen molar-refractivity contribution in [2.24, 2.45) is 5.41 Å². The van der Waals surface area contributed by atoms with Gasteiger partial charge in [-0.15, -0.1) is 0 Å². The van der Waals surface area contributed by atoms with Crippen molar-refractivity contribution in [3.05, 3.63) is 89.5 Å². The highest BCUT2D eigenvalue weighted by Crippen LogP contribution is 2.33. The van der Waals surface area contributed by atoms with E-state index in [4.69, 9.17) is 4.74 Å². The molecule has 3 aromatic carbocycles. The second-order valence-corrected chi connectivity index (χ2v) is 10.1. The topological polar surface area (TPSA) is 125 Å². The van der Waals surface area contributed by atoms with E-state index in [2.05, 4.69) is 10.6 Å². The fourth-order valence-corrected chi connectivity index (χ4v) is 4.20. The Morgan fingerprint density at radius 3 is 2.21 bits per heavy atom. The van der Waals surface area contributed by atoms with E-state index in [0.717, 1.165) is 10.5 Å². The number of urea groups is 1. The van der Waals surface area contributed by atoms with Crippen LogP contribution in [-0.4, -0.2) is 48.5 Å². The van der Waals surface area contributed by atoms with E-state index in [-0.39, 0.29) is 11.3 Å². The van der Waals surface area contributed by atoms with Gasteiger partial charge < -0.3 is 20.5 Å². The molecule has 0 spiro atoms. The lowest BCUT2D eigenvalue weighted by Gasteiger charge is -2.38. The van der Waals surface area contributed by atoms with Crippen molar-refractivity contribution in [3.8, 4) is 5.75 Å². The second-order valence-electron chi connectivity index (χ2n) is 10.1. The smallest absolute Gasteiger partial charge is 0.327 e. The Morgan fingerprint density at radius 1 is 0.949 bits per heavy atom. The zero-order valence-electron chi connectivity index (χ0n) is 22.6. The Morgan fingerprint density at radius 2 is 1.62 bits per heavy atom. The molecular formula is C30H33N3O6. The Hall–Kier alpha value is -4.66. The minimum atomic E-state index is -1.34. The van der Waals surface area contributed by atoms with Crippen molar-refractivity contribution in [1.82, 2.24) is 5.32 Å². The van der Waals surface area contributed by atoms with Crippen molar-refractivity contribution >= 4 is 35.1 Å². The number of nitrogens with one attached hydrogen (secondary N) is 2. The molecule has 1 atom stereocenters. The summed E-state index contributed by atoms with van der Waals surface area (Å²) in [5.74, 6) is -1.75. The van der Waals surface area contributed by atoms with Crippen LogP contribution in [0.2, 0.25) is 0 Å². The molecule has 0 aliphatic heterocycles. The molecule has 39 heavy (non-hydrogen) atoms. The number of aliphatic carboxylic acids is 1. The molecule has 9 nitrogen and oxygen atoms in total. The van der Waals surface area contributed by atoms with Gasteiger partial charge in [-0.2, -0.15) is 0 Å². The lowest BCUT2D eigenvalue weighted by Crippen LogP contribution is -2.55. The number of carbonyl (C=O) groups excluding carboxylic acids is 3. The Labute approximate surface area is 227 Å². The van der Waals surface area contributed by atoms with Crippen molar-refractivity contribution < 1.29 is 29.0 Å². The number of para-hydroxylation sites is 1. The zero-order valence-corrected chi connectivity index (χ0v) is 22.6. The largest absolute Gasteiger partial charge is 0.497 e. The van der Waals surface area contributed by atoms with Gasteiger partial charge in [-0.25, -0.2) is 9.59 Å². The van der Waals surface area contributed by atoms with Crippen LogP contribution in [0.1, 0.15) is 42.3 Å². The molecule has 1 unspecified atom stereocenters. The summed E-state index contributed by atoms with van der Waals surface area (Å²) < 4.78 is 5.16. The van der Waals surface area contributed by atoms with Crippen molar-refractivity contribution in [2.75, 3.05) is 23.9 Å². The number of anilines is 2. The third-order valence-corrected chi connectivity index (χ3v) is 6.02. The predicted molar refractivity (Wildman–Crippen MR) is 149 cm³/mol. The van der Waals surface area contributed by atoms with Crippen LogP contribution in [-0.2, 0) is 9.59 Å². The van der Waals surface area contributed by atoms with Crippen LogP contribution >= 0.6 is 0 Å². The summed E-state index contributed by atoms with van der Waals surface area (Å²) in [4.78, 5) is 53.3. The Kier molecular flexibility index (Phi) is 9.08. The molecule has 0 bridgehead atoms. The van der Waals surface area contributed by atoms with Gasteiger partial charge in [0.05, 0.1) is 19.3 Å². The van der Waals surface area contributed by atoms with E-state index in [9.17, 15) is 24.3 Å². The quantitative estimate of drug-likeness (QED) is 0.338. The van der Waals surface area contributed by atoms with Crippen molar-refractivity contribution in [1.29, 1.82) is 0 Å². The highest BCUT2D eigenvalue weighted by Gasteiger charge is 2.41. The summed E-state index contributed by atoms with van der Waals surface area (Å²) in [6.07, 6.45) is 0. The molecule has 0 aliphatic rings. The molecule has 3 rings (SSSR count). The molecule has 204 valence electrons. The van der Waals surface area contributed by atoms with Crippen LogP contribution < -0.4 is 20.3 Å². The maximum atomic E-state index is 13.6. The maximum absolute atomic E-state index is 13.6. The van der Waals surface area contributed by atoms with Crippen LogP contribution in [0, 0.1) is 12.3 Å². The number of methoxy groups -OCH3 is 1. The summed E-state index contributed by atoms with van der Waals surface area (Å²) in [6, 6.07) is 18.0. The van der Waals surface area contributed by atoms with Gasteiger partial charge >= 0.3 is 12.0 Å². The minimum absolute atomic E-state index is 0.131. The number of carbonyl (C=O) groups is 4. The van der Waals surface area contributed by atoms with Gasteiger partial charge in [-0.1, -0.05) is 45.0 Å². The molecule has 9 heteroatoms. The fraction of sp³-hybridized carbons (Fsp3) is 0.267. The number of amides is 3. The number of ether oxygens (including phenoxy) is 1. The molecule has 0 heterocycles. The molecule has 3 aromatic rings. The van der Waals surface area contributed by atoms with Crippen molar-refractivity contribution in [2.45, 2.75) is 33.7 Å². The first-order chi connectivity index (χ1) is 18.4. The van der Waals surface area contributed by atoms with Gasteiger partial charge in [-0.05, 0) is 66.4 Å². The standard InChI is InChI=1S/C30H33N3O6/c1-19-9-8-10-21(17-19)32-29(38)31-18-25(34)33(27(28(36)37)30(2,3)4)24-12-7-6-11-23(24)26(35)20-13-15-22(39-5)16-14-20/h6-17,27H,18H2,1-5H3,(H,36,37)(H2,31,32,38). The molecule has 0 aromatic heterocycles. The molecule has 0 fully saturated rings. The number of nitrogens with zero attached hydrogens (tertiary/aromatic N) is 1. The van der Waals surface area contributed by atoms with Crippen LogP contribution in [0.5, 0.6) is 5.75 Å². The van der Waals surface area contributed by atoms with Gasteiger partial charge in [0.2, 0.25) is 5.91 Å². The van der Waals surface area contributed by atoms with Gasteiger partial charge in [0.25, 0.3) is 0 Å². The molecule has 0 saturated carbocycles. The summed E-state index contributed by atoms with van der Waals surface area (Å²) in [7, 11) is 1.52. The van der Waals surface area contributed by atoms with Gasteiger partial charge in [-0.3, -0.25) is 14.5 Å². The molecule has 0 radical (unpaired) electrons. The molecule has 3 N–H and O–H groups in total. The molecule has 0 saturated heterocycles. The summed E-state index contributed by atoms with van der Waals surface area (Å²) in [5, 5.41) is 15.4. The second kappa shape index (κ2) is 12.3. The summed E-state index contributed by atoms with van der Waals surface area (Å²) >= 11 is 0. The van der Waals surface area contributed by atoms with Crippen LogP contribution in [0.3, 0.4) is 0 Å². The average Bonchev–Trinajstić information content (AvgIpc) is 2.89. The monoisotopic (exact) mass is 531 g/mol. The zero-order chi connectivity index (χ0) is 28.7. The molecule has 0 aliphatic carbocycles. The normalized spacial score (nSPS) is 11.7. The lowest BCUT2D eigenvalue weighted by molar-refractivity contribution is -0.142. The SMILES string of the molecule is COc1ccc(C(=O)c2ccccc2N(C(=O)CNC(=O)Nc2cccc(C)c2)C(C(=O)O)C(C)(C)C)cc1.